The van der Waals surface area contributed by atoms with Gasteiger partial charge in [0.2, 0.25) is 0 Å². The van der Waals surface area contributed by atoms with Crippen molar-refractivity contribution < 1.29 is 4.52 Å². The van der Waals surface area contributed by atoms with Crippen molar-refractivity contribution in [2.24, 2.45) is 4.99 Å². The Balaban J connectivity index is 1.27. The number of aryl methyl sites for hydroxylation is 1. The van der Waals surface area contributed by atoms with Crippen LogP contribution in [0.2, 0.25) is 0 Å². The van der Waals surface area contributed by atoms with Crippen molar-refractivity contribution in [3.63, 3.8) is 0 Å². The molecule has 2 aliphatic heterocycles. The van der Waals surface area contributed by atoms with Gasteiger partial charge in [-0.15, -0.1) is 0 Å². The molecule has 29 heavy (non-hydrogen) atoms. The van der Waals surface area contributed by atoms with Gasteiger partial charge in [-0.1, -0.05) is 35.0 Å². The molecule has 5 rings (SSSR count). The Morgan fingerprint density at radius 1 is 1.10 bits per heavy atom. The van der Waals surface area contributed by atoms with Crippen LogP contribution in [0.25, 0.3) is 11.3 Å². The van der Waals surface area contributed by atoms with Crippen molar-refractivity contribution >= 4 is 5.71 Å². The van der Waals surface area contributed by atoms with Crippen LogP contribution >= 0.6 is 0 Å². The molecule has 0 unspecified atom stereocenters. The minimum Gasteiger partial charge on any atom is -0.356 e. The van der Waals surface area contributed by atoms with Crippen LogP contribution in [0.1, 0.15) is 47.6 Å². The second kappa shape index (κ2) is 7.87. The predicted octanol–water partition coefficient (Wildman–Crippen LogP) is 3.97. The van der Waals surface area contributed by atoms with Crippen LogP contribution < -0.4 is 0 Å². The monoisotopic (exact) mass is 387 g/mol. The van der Waals surface area contributed by atoms with E-state index < -0.39 is 0 Å². The molecule has 0 saturated heterocycles. The van der Waals surface area contributed by atoms with Gasteiger partial charge in [0.15, 0.2) is 11.6 Å². The van der Waals surface area contributed by atoms with Crippen LogP contribution in [0.5, 0.6) is 0 Å². The molecule has 0 saturated carbocycles. The lowest BCUT2D eigenvalue weighted by Crippen LogP contribution is -2.31. The first-order valence-corrected chi connectivity index (χ1v) is 10.4. The molecule has 0 atom stereocenters. The molecule has 2 aliphatic rings. The molecule has 1 aromatic carbocycles. The van der Waals surface area contributed by atoms with Gasteiger partial charge in [-0.2, -0.15) is 0 Å². The quantitative estimate of drug-likeness (QED) is 0.678. The number of hydrogen-bond acceptors (Lipinski definition) is 6. The summed E-state index contributed by atoms with van der Waals surface area (Å²) in [7, 11) is 0. The molecule has 6 heteroatoms. The Hall–Kier alpha value is -2.86. The third kappa shape index (κ3) is 3.98. The largest absolute Gasteiger partial charge is 0.356 e. The number of rotatable bonds is 4. The topological polar surface area (TPSA) is 67.4 Å². The lowest BCUT2D eigenvalue weighted by atomic mass is 10.1. The summed E-state index contributed by atoms with van der Waals surface area (Å²) >= 11 is 0. The van der Waals surface area contributed by atoms with Gasteiger partial charge >= 0.3 is 0 Å². The highest BCUT2D eigenvalue weighted by Crippen LogP contribution is 2.23. The number of nitrogens with zero attached hydrogens (tertiary/aromatic N) is 5. The summed E-state index contributed by atoms with van der Waals surface area (Å²) < 4.78 is 5.57. The highest BCUT2D eigenvalue weighted by molar-refractivity contribution is 5.97. The highest BCUT2D eigenvalue weighted by atomic mass is 16.5. The lowest BCUT2D eigenvalue weighted by Gasteiger charge is -2.27. The maximum absolute atomic E-state index is 5.57. The minimum atomic E-state index is 0.767. The summed E-state index contributed by atoms with van der Waals surface area (Å²) in [6.45, 7) is 5.56. The fourth-order valence-corrected chi connectivity index (χ4v) is 4.00. The van der Waals surface area contributed by atoms with Gasteiger partial charge in [0.1, 0.15) is 0 Å². The first-order chi connectivity index (χ1) is 14.2. The van der Waals surface area contributed by atoms with E-state index in [1.807, 2.05) is 12.3 Å². The Morgan fingerprint density at radius 2 is 2.00 bits per heavy atom. The zero-order valence-corrected chi connectivity index (χ0v) is 16.8. The van der Waals surface area contributed by atoms with E-state index in [1.54, 1.807) is 0 Å². The van der Waals surface area contributed by atoms with Crippen molar-refractivity contribution in [2.75, 3.05) is 13.1 Å². The molecule has 3 aromatic rings. The maximum atomic E-state index is 5.57. The summed E-state index contributed by atoms with van der Waals surface area (Å²) in [4.78, 5) is 16.4. The SMILES string of the molecule is Cc1ccc(-c2cc(CN3CCc4nc(C5=NCCCC5)ncc4C3)no2)cc1. The third-order valence-corrected chi connectivity index (χ3v) is 5.68. The molecule has 0 fully saturated rings. The first-order valence-electron chi connectivity index (χ1n) is 10.4. The molecule has 2 aromatic heterocycles. The molecule has 0 amide bonds. The second-order valence-electron chi connectivity index (χ2n) is 7.96. The molecule has 0 bridgehead atoms. The van der Waals surface area contributed by atoms with Gasteiger partial charge in [-0.05, 0) is 26.2 Å². The van der Waals surface area contributed by atoms with Gasteiger partial charge in [0.25, 0.3) is 0 Å². The van der Waals surface area contributed by atoms with Gasteiger partial charge < -0.3 is 4.52 Å². The average molecular weight is 387 g/mol. The van der Waals surface area contributed by atoms with Crippen LogP contribution in [-0.2, 0) is 19.5 Å². The Kier molecular flexibility index (Phi) is 4.94. The summed E-state index contributed by atoms with van der Waals surface area (Å²) in [5, 5.41) is 4.28. The normalized spacial score (nSPS) is 17.1. The van der Waals surface area contributed by atoms with Crippen LogP contribution in [0.3, 0.4) is 0 Å². The number of benzene rings is 1. The second-order valence-corrected chi connectivity index (χ2v) is 7.96. The molecule has 0 N–H and O–H groups in total. The molecule has 148 valence electrons. The van der Waals surface area contributed by atoms with Crippen LogP contribution in [0.15, 0.2) is 46.0 Å². The van der Waals surface area contributed by atoms with Gasteiger partial charge in [-0.25, -0.2) is 9.97 Å². The molecule has 4 heterocycles. The van der Waals surface area contributed by atoms with E-state index in [0.29, 0.717) is 0 Å². The van der Waals surface area contributed by atoms with E-state index in [-0.39, 0.29) is 0 Å². The van der Waals surface area contributed by atoms with Crippen molar-refractivity contribution in [1.82, 2.24) is 20.0 Å². The Bertz CT molecular complexity index is 1040. The summed E-state index contributed by atoms with van der Waals surface area (Å²) in [6.07, 6.45) is 6.29. The van der Waals surface area contributed by atoms with E-state index in [2.05, 4.69) is 51.2 Å². The van der Waals surface area contributed by atoms with Gasteiger partial charge in [0, 0.05) is 56.0 Å². The molecule has 0 radical (unpaired) electrons. The number of hydrogen-bond donors (Lipinski definition) is 0. The Morgan fingerprint density at radius 3 is 2.83 bits per heavy atom. The number of aromatic nitrogens is 3. The van der Waals surface area contributed by atoms with E-state index >= 15 is 0 Å². The van der Waals surface area contributed by atoms with Crippen LogP contribution in [0, 0.1) is 6.92 Å². The van der Waals surface area contributed by atoms with Gasteiger partial charge in [0.05, 0.1) is 17.1 Å². The first kappa shape index (κ1) is 18.2. The average Bonchev–Trinajstić information content (AvgIpc) is 3.23. The number of aliphatic imine (C=N–C) groups is 1. The van der Waals surface area contributed by atoms with Crippen molar-refractivity contribution in [3.05, 3.63) is 64.9 Å². The summed E-state index contributed by atoms with van der Waals surface area (Å²) in [5.74, 6) is 1.65. The van der Waals surface area contributed by atoms with Crippen LogP contribution in [0.4, 0.5) is 0 Å². The van der Waals surface area contributed by atoms with Crippen molar-refractivity contribution in [2.45, 2.75) is 45.7 Å². The van der Waals surface area contributed by atoms with Crippen molar-refractivity contribution in [1.29, 1.82) is 0 Å². The van der Waals surface area contributed by atoms with Crippen LogP contribution in [-0.4, -0.2) is 38.8 Å². The maximum Gasteiger partial charge on any atom is 0.173 e. The molecule has 0 aliphatic carbocycles. The molecular weight excluding hydrogens is 362 g/mol. The zero-order chi connectivity index (χ0) is 19.6. The van der Waals surface area contributed by atoms with Gasteiger partial charge in [-0.3, -0.25) is 9.89 Å². The Labute approximate surface area is 170 Å². The van der Waals surface area contributed by atoms with E-state index in [4.69, 9.17) is 9.51 Å². The van der Waals surface area contributed by atoms with Crippen molar-refractivity contribution in [3.8, 4) is 11.3 Å². The smallest absolute Gasteiger partial charge is 0.173 e. The van der Waals surface area contributed by atoms with E-state index in [9.17, 15) is 0 Å². The number of fused-ring (bicyclic) bond motifs is 1. The fraction of sp³-hybridized carbons (Fsp3) is 0.391. The third-order valence-electron chi connectivity index (χ3n) is 5.68. The summed E-state index contributed by atoms with van der Waals surface area (Å²) in [6, 6.07) is 10.4. The van der Waals surface area contributed by atoms with E-state index in [1.165, 1.54) is 29.7 Å². The highest BCUT2D eigenvalue weighted by Gasteiger charge is 2.21. The van der Waals surface area contributed by atoms with E-state index in [0.717, 1.165) is 67.6 Å². The summed E-state index contributed by atoms with van der Waals surface area (Å²) in [5.41, 5.74) is 6.70. The predicted molar refractivity (Wildman–Crippen MR) is 112 cm³/mol. The fourth-order valence-electron chi connectivity index (χ4n) is 4.00. The molecule has 0 spiro atoms. The lowest BCUT2D eigenvalue weighted by molar-refractivity contribution is 0.235. The molecule has 6 nitrogen and oxygen atoms in total. The standard InChI is InChI=1S/C23H25N5O/c1-16-5-7-17(8-6-16)22-12-19(27-29-22)15-28-11-9-20-18(14-28)13-25-23(26-20)21-4-2-3-10-24-21/h5-8,12-13H,2-4,9-11,14-15H2,1H3. The zero-order valence-electron chi connectivity index (χ0n) is 16.8. The molecular formula is C23H25N5O. The minimum absolute atomic E-state index is 0.767.